The van der Waals surface area contributed by atoms with Gasteiger partial charge in [-0.05, 0) is 48.1 Å². The van der Waals surface area contributed by atoms with E-state index in [9.17, 15) is 0 Å². The highest BCUT2D eigenvalue weighted by molar-refractivity contribution is 5.93. The Morgan fingerprint density at radius 3 is 3.07 bits per heavy atom. The average molecular weight is 354 g/mol. The monoisotopic (exact) mass is 354 g/mol. The van der Waals surface area contributed by atoms with Gasteiger partial charge in [-0.15, -0.1) is 0 Å². The van der Waals surface area contributed by atoms with Crippen LogP contribution < -0.4 is 5.32 Å². The molecular formula is C20H14N6O. The Morgan fingerprint density at radius 2 is 2.22 bits per heavy atom. The summed E-state index contributed by atoms with van der Waals surface area (Å²) in [5.74, 6) is 1.72. The molecule has 3 atom stereocenters. The highest BCUT2D eigenvalue weighted by Gasteiger charge is 2.53. The van der Waals surface area contributed by atoms with Crippen molar-refractivity contribution in [2.24, 2.45) is 5.92 Å². The number of H-pyrrole nitrogens is 1. The summed E-state index contributed by atoms with van der Waals surface area (Å²) in [4.78, 5) is 8.55. The van der Waals surface area contributed by atoms with Crippen LogP contribution in [-0.2, 0) is 0 Å². The number of anilines is 1. The summed E-state index contributed by atoms with van der Waals surface area (Å²) in [7, 11) is 0. The van der Waals surface area contributed by atoms with Gasteiger partial charge in [0.05, 0.1) is 29.0 Å². The third-order valence-electron chi connectivity index (χ3n) is 5.59. The molecule has 130 valence electrons. The first kappa shape index (κ1) is 14.5. The first-order chi connectivity index (χ1) is 13.3. The fourth-order valence-electron chi connectivity index (χ4n) is 4.23. The Bertz CT molecular complexity index is 1220. The van der Waals surface area contributed by atoms with E-state index in [4.69, 9.17) is 9.68 Å². The van der Waals surface area contributed by atoms with Crippen molar-refractivity contribution in [1.82, 2.24) is 20.2 Å². The largest absolute Gasteiger partial charge is 0.442 e. The van der Waals surface area contributed by atoms with E-state index in [0.717, 1.165) is 34.4 Å². The maximum atomic E-state index is 9.13. The molecule has 2 unspecified atom stereocenters. The molecule has 1 saturated carbocycles. The third kappa shape index (κ3) is 2.10. The molecule has 4 aromatic rings. The van der Waals surface area contributed by atoms with Crippen LogP contribution in [0.25, 0.3) is 22.4 Å². The van der Waals surface area contributed by atoms with E-state index in [2.05, 4.69) is 37.6 Å². The highest BCUT2D eigenvalue weighted by atomic mass is 16.3. The number of aromatic amines is 1. The lowest BCUT2D eigenvalue weighted by Gasteiger charge is -2.17. The molecule has 1 fully saturated rings. The van der Waals surface area contributed by atoms with Gasteiger partial charge in [0.2, 0.25) is 0 Å². The summed E-state index contributed by atoms with van der Waals surface area (Å²) in [6.45, 7) is 0. The van der Waals surface area contributed by atoms with E-state index in [1.54, 1.807) is 12.4 Å². The minimum atomic E-state index is 0.177. The normalized spacial score (nSPS) is 22.3. The van der Waals surface area contributed by atoms with Crippen LogP contribution in [0.5, 0.6) is 0 Å². The van der Waals surface area contributed by atoms with Crippen LogP contribution >= 0.6 is 0 Å². The summed E-state index contributed by atoms with van der Waals surface area (Å²) in [6, 6.07) is 10.5. The number of nitrogens with one attached hydrogen (secondary N) is 2. The molecule has 0 radical (unpaired) electrons. The zero-order valence-electron chi connectivity index (χ0n) is 14.2. The first-order valence-electron chi connectivity index (χ1n) is 8.85. The SMILES string of the molecule is N#Cc1cnc2c(c1)C1CC1[C@H]2Nc1ccc2[nH]nc(-c3cnco3)c2c1. The molecule has 0 amide bonds. The number of benzene rings is 1. The van der Waals surface area contributed by atoms with Gasteiger partial charge in [0, 0.05) is 17.3 Å². The topological polar surface area (TPSA) is 103 Å². The van der Waals surface area contributed by atoms with E-state index < -0.39 is 0 Å². The number of hydrogen-bond donors (Lipinski definition) is 2. The number of nitriles is 1. The van der Waals surface area contributed by atoms with Crippen LogP contribution in [0.1, 0.15) is 35.2 Å². The van der Waals surface area contributed by atoms with Gasteiger partial charge in [0.1, 0.15) is 11.8 Å². The van der Waals surface area contributed by atoms with Gasteiger partial charge < -0.3 is 9.73 Å². The number of oxazole rings is 1. The fourth-order valence-corrected chi connectivity index (χ4v) is 4.23. The molecule has 6 rings (SSSR count). The molecule has 0 saturated heterocycles. The van der Waals surface area contributed by atoms with Crippen LogP contribution in [-0.4, -0.2) is 20.2 Å². The van der Waals surface area contributed by atoms with Crippen LogP contribution in [0.3, 0.4) is 0 Å². The first-order valence-corrected chi connectivity index (χ1v) is 8.85. The Kier molecular flexibility index (Phi) is 2.78. The van der Waals surface area contributed by atoms with Crippen molar-refractivity contribution >= 4 is 16.6 Å². The van der Waals surface area contributed by atoms with E-state index in [1.807, 2.05) is 18.2 Å². The molecule has 2 aliphatic carbocycles. The lowest BCUT2D eigenvalue weighted by atomic mass is 10.1. The summed E-state index contributed by atoms with van der Waals surface area (Å²) in [5, 5.41) is 21.1. The van der Waals surface area contributed by atoms with Crippen molar-refractivity contribution in [1.29, 1.82) is 5.26 Å². The van der Waals surface area contributed by atoms with Crippen LogP contribution in [0, 0.1) is 17.2 Å². The number of pyridine rings is 1. The van der Waals surface area contributed by atoms with Crippen molar-refractivity contribution in [3.63, 3.8) is 0 Å². The number of nitrogens with zero attached hydrogens (tertiary/aromatic N) is 4. The molecular weight excluding hydrogens is 340 g/mol. The third-order valence-corrected chi connectivity index (χ3v) is 5.59. The predicted octanol–water partition coefficient (Wildman–Crippen LogP) is 3.75. The Labute approximate surface area is 154 Å². The lowest BCUT2D eigenvalue weighted by Crippen LogP contribution is -2.12. The minimum absolute atomic E-state index is 0.177. The van der Waals surface area contributed by atoms with Gasteiger partial charge >= 0.3 is 0 Å². The van der Waals surface area contributed by atoms with Crippen LogP contribution in [0.15, 0.2) is 47.5 Å². The number of hydrogen-bond acceptors (Lipinski definition) is 6. The van der Waals surface area contributed by atoms with Gasteiger partial charge in [0.15, 0.2) is 12.2 Å². The van der Waals surface area contributed by atoms with E-state index >= 15 is 0 Å². The molecule has 7 nitrogen and oxygen atoms in total. The summed E-state index contributed by atoms with van der Waals surface area (Å²) in [6.07, 6.45) is 5.88. The second kappa shape index (κ2) is 5.17. The van der Waals surface area contributed by atoms with Crippen LogP contribution in [0.4, 0.5) is 5.69 Å². The van der Waals surface area contributed by atoms with Gasteiger partial charge in [-0.3, -0.25) is 10.1 Å². The second-order valence-corrected chi connectivity index (χ2v) is 7.14. The van der Waals surface area contributed by atoms with E-state index in [0.29, 0.717) is 23.2 Å². The summed E-state index contributed by atoms with van der Waals surface area (Å²) >= 11 is 0. The van der Waals surface area contributed by atoms with Gasteiger partial charge in [-0.2, -0.15) is 10.4 Å². The quantitative estimate of drug-likeness (QED) is 0.581. The number of aromatic nitrogens is 4. The maximum absolute atomic E-state index is 9.13. The van der Waals surface area contributed by atoms with Crippen molar-refractivity contribution < 1.29 is 4.42 Å². The lowest BCUT2D eigenvalue weighted by molar-refractivity contribution is 0.570. The maximum Gasteiger partial charge on any atom is 0.181 e. The molecule has 0 bridgehead atoms. The molecule has 0 aliphatic heterocycles. The van der Waals surface area contributed by atoms with E-state index in [1.165, 1.54) is 12.0 Å². The Balaban J connectivity index is 1.37. The molecule has 2 aliphatic rings. The summed E-state index contributed by atoms with van der Waals surface area (Å²) < 4.78 is 5.40. The summed E-state index contributed by atoms with van der Waals surface area (Å²) in [5.41, 5.74) is 5.64. The zero-order chi connectivity index (χ0) is 18.0. The van der Waals surface area contributed by atoms with Gasteiger partial charge in [-0.25, -0.2) is 4.98 Å². The second-order valence-electron chi connectivity index (χ2n) is 7.14. The van der Waals surface area contributed by atoms with E-state index in [-0.39, 0.29) is 6.04 Å². The zero-order valence-corrected chi connectivity index (χ0v) is 14.2. The molecule has 7 heteroatoms. The highest BCUT2D eigenvalue weighted by Crippen LogP contribution is 2.62. The minimum Gasteiger partial charge on any atom is -0.442 e. The van der Waals surface area contributed by atoms with Crippen molar-refractivity contribution in [3.05, 3.63) is 59.9 Å². The molecule has 0 spiro atoms. The van der Waals surface area contributed by atoms with Crippen LogP contribution in [0.2, 0.25) is 0 Å². The number of fused-ring (bicyclic) bond motifs is 4. The Hall–Kier alpha value is -3.66. The molecule has 3 aromatic heterocycles. The molecule has 1 aromatic carbocycles. The van der Waals surface area contributed by atoms with Crippen molar-refractivity contribution in [2.75, 3.05) is 5.32 Å². The van der Waals surface area contributed by atoms with Gasteiger partial charge in [0.25, 0.3) is 0 Å². The van der Waals surface area contributed by atoms with Gasteiger partial charge in [-0.1, -0.05) is 0 Å². The average Bonchev–Trinajstić information content (AvgIpc) is 3.04. The smallest absolute Gasteiger partial charge is 0.181 e. The van der Waals surface area contributed by atoms with Crippen molar-refractivity contribution in [3.8, 4) is 17.5 Å². The molecule has 3 heterocycles. The predicted molar refractivity (Wildman–Crippen MR) is 97.8 cm³/mol. The molecule has 27 heavy (non-hydrogen) atoms. The Morgan fingerprint density at radius 1 is 1.26 bits per heavy atom. The standard InChI is InChI=1S/C20H14N6O/c21-6-10-3-13-12-5-14(12)20(19(13)23-7-10)24-11-1-2-16-15(4-11)18(26-25-16)17-8-22-9-27-17/h1-4,7-9,12,14,20,24H,5H2,(H,25,26)/t12?,14?,20-/m1/s1. The molecule has 2 N–H and O–H groups in total. The number of rotatable bonds is 3. The fraction of sp³-hybridized carbons (Fsp3) is 0.200. The van der Waals surface area contributed by atoms with Crippen molar-refractivity contribution in [2.45, 2.75) is 18.4 Å².